The zero-order chi connectivity index (χ0) is 13.7. The summed E-state index contributed by atoms with van der Waals surface area (Å²) in [4.78, 5) is 12.2. The van der Waals surface area contributed by atoms with E-state index in [1.807, 2.05) is 17.9 Å². The first-order chi connectivity index (χ1) is 9.68. The van der Waals surface area contributed by atoms with Crippen molar-refractivity contribution in [2.75, 3.05) is 6.54 Å². The van der Waals surface area contributed by atoms with Gasteiger partial charge >= 0.3 is 0 Å². The van der Waals surface area contributed by atoms with Gasteiger partial charge in [-0.1, -0.05) is 6.07 Å². The third kappa shape index (κ3) is 1.47. The molecule has 1 aliphatic rings. The van der Waals surface area contributed by atoms with E-state index in [1.54, 1.807) is 6.33 Å². The summed E-state index contributed by atoms with van der Waals surface area (Å²) in [5.41, 5.74) is 5.45. The van der Waals surface area contributed by atoms with Crippen molar-refractivity contribution in [3.05, 3.63) is 47.8 Å². The maximum Gasteiger partial charge on any atom is 0.0955 e. The highest BCUT2D eigenvalue weighted by atomic mass is 15.1. The average molecular weight is 267 g/mol. The Hall–Kier alpha value is -2.14. The molecule has 1 unspecified atom stereocenters. The molecule has 0 aliphatic carbocycles. The highest BCUT2D eigenvalue weighted by Crippen LogP contribution is 2.33. The molecule has 0 bridgehead atoms. The van der Waals surface area contributed by atoms with E-state index in [2.05, 4.69) is 45.4 Å². The topological polar surface area (TPSA) is 58.5 Å². The number of hydrogen-bond acceptors (Lipinski definition) is 3. The van der Waals surface area contributed by atoms with E-state index in [0.29, 0.717) is 0 Å². The largest absolute Gasteiger partial charge is 0.348 e. The molecule has 5 nitrogen and oxygen atoms in total. The molecule has 3 heterocycles. The summed E-state index contributed by atoms with van der Waals surface area (Å²) >= 11 is 0. The molecule has 0 saturated heterocycles. The Morgan fingerprint density at radius 3 is 3.10 bits per heavy atom. The minimum atomic E-state index is -0.251. The van der Waals surface area contributed by atoms with Gasteiger partial charge in [0.2, 0.25) is 0 Å². The molecule has 0 saturated carbocycles. The van der Waals surface area contributed by atoms with Crippen LogP contribution in [0.3, 0.4) is 0 Å². The number of nitrogens with zero attached hydrogens (tertiary/aromatic N) is 3. The van der Waals surface area contributed by atoms with Crippen LogP contribution in [0.4, 0.5) is 0 Å². The second-order valence-corrected chi connectivity index (χ2v) is 5.59. The molecule has 3 aromatic rings. The van der Waals surface area contributed by atoms with E-state index in [-0.39, 0.29) is 5.54 Å². The minimum absolute atomic E-state index is 0.251. The van der Waals surface area contributed by atoms with Gasteiger partial charge in [-0.15, -0.1) is 0 Å². The van der Waals surface area contributed by atoms with Gasteiger partial charge in [0.05, 0.1) is 34.9 Å². The Kier molecular flexibility index (Phi) is 2.29. The zero-order valence-electron chi connectivity index (χ0n) is 11.6. The lowest BCUT2D eigenvalue weighted by Gasteiger charge is -2.34. The summed E-state index contributed by atoms with van der Waals surface area (Å²) in [6.07, 6.45) is 4.64. The number of hydrogen-bond donors (Lipinski definition) is 2. The van der Waals surface area contributed by atoms with E-state index in [1.165, 1.54) is 11.3 Å². The van der Waals surface area contributed by atoms with E-state index in [0.717, 1.165) is 29.7 Å². The van der Waals surface area contributed by atoms with Crippen molar-refractivity contribution in [2.24, 2.45) is 7.05 Å². The van der Waals surface area contributed by atoms with Crippen molar-refractivity contribution in [3.8, 4) is 0 Å². The molecule has 20 heavy (non-hydrogen) atoms. The quantitative estimate of drug-likeness (QED) is 0.705. The standard InChI is InChI=1S/C15H17N5/c1-15(14-11(5-6-19-15)16-8-17-14)10-3-4-13-12(7-10)18-9-20(13)2/h3-4,7-9,19H,5-6H2,1-2H3,(H,16,17). The fourth-order valence-electron chi connectivity index (χ4n) is 3.15. The van der Waals surface area contributed by atoms with Gasteiger partial charge in [-0.05, 0) is 24.6 Å². The van der Waals surface area contributed by atoms with Crippen LogP contribution in [0.5, 0.6) is 0 Å². The molecule has 2 aromatic heterocycles. The van der Waals surface area contributed by atoms with Gasteiger partial charge in [0.25, 0.3) is 0 Å². The maximum atomic E-state index is 4.53. The Morgan fingerprint density at radius 2 is 2.20 bits per heavy atom. The Balaban J connectivity index is 1.91. The molecule has 4 rings (SSSR count). The summed E-state index contributed by atoms with van der Waals surface area (Å²) in [6.45, 7) is 3.14. The van der Waals surface area contributed by atoms with Crippen LogP contribution in [0.1, 0.15) is 23.9 Å². The van der Waals surface area contributed by atoms with Crippen LogP contribution in [0, 0.1) is 0 Å². The van der Waals surface area contributed by atoms with Gasteiger partial charge in [-0.3, -0.25) is 0 Å². The van der Waals surface area contributed by atoms with Gasteiger partial charge in [0.15, 0.2) is 0 Å². The monoisotopic (exact) mass is 267 g/mol. The van der Waals surface area contributed by atoms with Gasteiger partial charge in [-0.25, -0.2) is 9.97 Å². The summed E-state index contributed by atoms with van der Waals surface area (Å²) in [5.74, 6) is 0. The molecule has 2 N–H and O–H groups in total. The van der Waals surface area contributed by atoms with Gasteiger partial charge < -0.3 is 14.9 Å². The number of nitrogens with one attached hydrogen (secondary N) is 2. The summed E-state index contributed by atoms with van der Waals surface area (Å²) in [7, 11) is 2.02. The molecule has 1 aliphatic heterocycles. The van der Waals surface area contributed by atoms with Crippen molar-refractivity contribution in [3.63, 3.8) is 0 Å². The predicted octanol–water partition coefficient (Wildman–Crippen LogP) is 1.71. The first-order valence-electron chi connectivity index (χ1n) is 6.88. The number of aromatic nitrogens is 4. The molecule has 0 spiro atoms. The Labute approximate surface area is 117 Å². The smallest absolute Gasteiger partial charge is 0.0955 e. The molecule has 1 aromatic carbocycles. The second-order valence-electron chi connectivity index (χ2n) is 5.59. The van der Waals surface area contributed by atoms with Crippen LogP contribution < -0.4 is 5.32 Å². The zero-order valence-corrected chi connectivity index (χ0v) is 11.6. The highest BCUT2D eigenvalue weighted by Gasteiger charge is 2.35. The number of fused-ring (bicyclic) bond motifs is 2. The number of aromatic amines is 1. The normalized spacial score (nSPS) is 22.1. The summed E-state index contributed by atoms with van der Waals surface area (Å²) < 4.78 is 2.04. The SMILES string of the molecule is Cn1cnc2cc(C3(C)NCCc4[nH]cnc43)ccc21. The first-order valence-corrected chi connectivity index (χ1v) is 6.88. The first kappa shape index (κ1) is 11.7. The lowest BCUT2D eigenvalue weighted by Crippen LogP contribution is -2.46. The summed E-state index contributed by atoms with van der Waals surface area (Å²) in [6, 6.07) is 6.46. The molecular weight excluding hydrogens is 250 g/mol. The van der Waals surface area contributed by atoms with Crippen LogP contribution in [-0.4, -0.2) is 26.1 Å². The van der Waals surface area contributed by atoms with Crippen molar-refractivity contribution in [2.45, 2.75) is 18.9 Å². The molecule has 5 heteroatoms. The number of imidazole rings is 2. The molecule has 0 fully saturated rings. The maximum absolute atomic E-state index is 4.53. The molecule has 0 radical (unpaired) electrons. The van der Waals surface area contributed by atoms with Crippen molar-refractivity contribution < 1.29 is 0 Å². The van der Waals surface area contributed by atoms with Crippen LogP contribution in [-0.2, 0) is 19.0 Å². The third-order valence-corrected chi connectivity index (χ3v) is 4.35. The van der Waals surface area contributed by atoms with Gasteiger partial charge in [-0.2, -0.15) is 0 Å². The number of aryl methyl sites for hydroxylation is 1. The van der Waals surface area contributed by atoms with E-state index >= 15 is 0 Å². The fraction of sp³-hybridized carbons (Fsp3) is 0.333. The number of benzene rings is 1. The lowest BCUT2D eigenvalue weighted by molar-refractivity contribution is 0.404. The second kappa shape index (κ2) is 3.93. The van der Waals surface area contributed by atoms with Crippen LogP contribution >= 0.6 is 0 Å². The minimum Gasteiger partial charge on any atom is -0.348 e. The van der Waals surface area contributed by atoms with E-state index in [4.69, 9.17) is 0 Å². The lowest BCUT2D eigenvalue weighted by atomic mass is 9.84. The highest BCUT2D eigenvalue weighted by molar-refractivity contribution is 5.76. The molecule has 1 atom stereocenters. The van der Waals surface area contributed by atoms with Crippen molar-refractivity contribution in [1.29, 1.82) is 0 Å². The van der Waals surface area contributed by atoms with Crippen LogP contribution in [0.15, 0.2) is 30.9 Å². The van der Waals surface area contributed by atoms with Crippen LogP contribution in [0.2, 0.25) is 0 Å². The Bertz CT molecular complexity index is 785. The number of rotatable bonds is 1. The molecular formula is C15H17N5. The van der Waals surface area contributed by atoms with Gasteiger partial charge in [0.1, 0.15) is 0 Å². The number of H-pyrrole nitrogens is 1. The average Bonchev–Trinajstić information content (AvgIpc) is 3.07. The van der Waals surface area contributed by atoms with E-state index < -0.39 is 0 Å². The summed E-state index contributed by atoms with van der Waals surface area (Å²) in [5, 5.41) is 3.61. The predicted molar refractivity (Wildman–Crippen MR) is 77.5 cm³/mol. The van der Waals surface area contributed by atoms with Crippen LogP contribution in [0.25, 0.3) is 11.0 Å². The van der Waals surface area contributed by atoms with Crippen molar-refractivity contribution in [1.82, 2.24) is 24.8 Å². The van der Waals surface area contributed by atoms with E-state index in [9.17, 15) is 0 Å². The van der Waals surface area contributed by atoms with Gasteiger partial charge in [0, 0.05) is 25.7 Å². The van der Waals surface area contributed by atoms with Crippen molar-refractivity contribution >= 4 is 11.0 Å². The third-order valence-electron chi connectivity index (χ3n) is 4.35. The Morgan fingerprint density at radius 1 is 1.30 bits per heavy atom. The molecule has 0 amide bonds. The fourth-order valence-corrected chi connectivity index (χ4v) is 3.15. The molecule has 102 valence electrons.